The van der Waals surface area contributed by atoms with Gasteiger partial charge in [0.15, 0.2) is 0 Å². The maximum Gasteiger partial charge on any atom is 0.407 e. The molecule has 1 aromatic carbocycles. The molecule has 0 aliphatic carbocycles. The van der Waals surface area contributed by atoms with E-state index in [2.05, 4.69) is 5.32 Å². The van der Waals surface area contributed by atoms with E-state index in [0.717, 1.165) is 5.56 Å². The summed E-state index contributed by atoms with van der Waals surface area (Å²) in [7, 11) is 0. The zero-order chi connectivity index (χ0) is 16.7. The Bertz CT molecular complexity index is 528. The number of benzene rings is 1. The molecule has 1 heterocycles. The number of rotatable bonds is 5. The van der Waals surface area contributed by atoms with E-state index in [-0.39, 0.29) is 6.10 Å². The Morgan fingerprint density at radius 1 is 1.22 bits per heavy atom. The summed E-state index contributed by atoms with van der Waals surface area (Å²) in [5.41, 5.74) is 5.05. The quantitative estimate of drug-likeness (QED) is 0.521. The predicted octanol–water partition coefficient (Wildman–Crippen LogP) is 1.36. The molecule has 1 aliphatic rings. The highest BCUT2D eigenvalue weighted by atomic mass is 16.5. The second-order valence-corrected chi connectivity index (χ2v) is 5.17. The Morgan fingerprint density at radius 3 is 2.43 bits per heavy atom. The number of carbonyl (C=O) groups is 2. The van der Waals surface area contributed by atoms with Gasteiger partial charge in [0, 0.05) is 18.8 Å². The van der Waals surface area contributed by atoms with Crippen molar-refractivity contribution in [1.82, 2.24) is 15.9 Å². The highest BCUT2D eigenvalue weighted by Crippen LogP contribution is 2.17. The topological polar surface area (TPSA) is 123 Å². The molecule has 0 unspecified atom stereocenters. The Balaban J connectivity index is 1.74. The molecule has 0 aromatic heterocycles. The standard InChI is InChI=1S/C14H20N4O5/c19-13(16-17-22)15-11-3-1-10(2-4-11)9-23-12-5-7-18(8-6-12)14(20)21/h1-4,12,17,22H,5-9H2,(H,20,21)(H2,15,16,19). The van der Waals surface area contributed by atoms with Crippen LogP contribution >= 0.6 is 0 Å². The molecule has 9 heteroatoms. The van der Waals surface area contributed by atoms with Gasteiger partial charge in [0.25, 0.3) is 0 Å². The van der Waals surface area contributed by atoms with Gasteiger partial charge in [0.05, 0.1) is 12.7 Å². The van der Waals surface area contributed by atoms with E-state index in [0.29, 0.717) is 38.2 Å². The zero-order valence-corrected chi connectivity index (χ0v) is 12.5. The van der Waals surface area contributed by atoms with E-state index in [1.54, 1.807) is 17.7 Å². The van der Waals surface area contributed by atoms with Crippen LogP contribution in [0.3, 0.4) is 0 Å². The number of carbonyl (C=O) groups excluding carboxylic acids is 1. The molecule has 0 spiro atoms. The molecule has 126 valence electrons. The Hall–Kier alpha value is -2.36. The van der Waals surface area contributed by atoms with Gasteiger partial charge in [-0.15, -0.1) is 5.59 Å². The molecule has 3 amide bonds. The van der Waals surface area contributed by atoms with Crippen LogP contribution in [-0.2, 0) is 11.3 Å². The molecule has 0 bridgehead atoms. The Kier molecular flexibility index (Phi) is 6.15. The Labute approximate surface area is 133 Å². The zero-order valence-electron chi connectivity index (χ0n) is 12.5. The molecule has 9 nitrogen and oxygen atoms in total. The number of piperidine rings is 1. The van der Waals surface area contributed by atoms with Crippen molar-refractivity contribution in [2.24, 2.45) is 0 Å². The first kappa shape index (κ1) is 17.0. The summed E-state index contributed by atoms with van der Waals surface area (Å²) >= 11 is 0. The van der Waals surface area contributed by atoms with E-state index in [1.807, 2.05) is 17.6 Å². The van der Waals surface area contributed by atoms with E-state index in [9.17, 15) is 9.59 Å². The second-order valence-electron chi connectivity index (χ2n) is 5.17. The second kappa shape index (κ2) is 8.32. The fourth-order valence-corrected chi connectivity index (χ4v) is 2.33. The molecular weight excluding hydrogens is 304 g/mol. The number of anilines is 1. The maximum atomic E-state index is 11.2. The highest BCUT2D eigenvalue weighted by Gasteiger charge is 2.22. The van der Waals surface area contributed by atoms with E-state index in [4.69, 9.17) is 15.1 Å². The number of carboxylic acid groups (broad SMARTS) is 1. The van der Waals surface area contributed by atoms with Crippen LogP contribution < -0.4 is 16.3 Å². The minimum atomic E-state index is -0.882. The van der Waals surface area contributed by atoms with Crippen LogP contribution in [0.2, 0.25) is 0 Å². The van der Waals surface area contributed by atoms with Gasteiger partial charge in [0.2, 0.25) is 0 Å². The van der Waals surface area contributed by atoms with Gasteiger partial charge >= 0.3 is 12.1 Å². The molecule has 0 atom stereocenters. The molecule has 1 saturated heterocycles. The van der Waals surface area contributed by atoms with Crippen LogP contribution in [0, 0.1) is 0 Å². The average molecular weight is 324 g/mol. The van der Waals surface area contributed by atoms with Crippen molar-refractivity contribution in [3.63, 3.8) is 0 Å². The summed E-state index contributed by atoms with van der Waals surface area (Å²) in [6.45, 7) is 1.43. The van der Waals surface area contributed by atoms with E-state index in [1.165, 1.54) is 4.90 Å². The number of hydrogen-bond acceptors (Lipinski definition) is 5. The first-order chi connectivity index (χ1) is 11.1. The normalized spacial score (nSPS) is 15.3. The summed E-state index contributed by atoms with van der Waals surface area (Å²) in [5, 5.41) is 19.7. The summed E-state index contributed by atoms with van der Waals surface area (Å²) in [5.74, 6) is 0. The van der Waals surface area contributed by atoms with E-state index >= 15 is 0 Å². The van der Waals surface area contributed by atoms with Crippen molar-refractivity contribution in [3.8, 4) is 0 Å². The Morgan fingerprint density at radius 2 is 1.87 bits per heavy atom. The number of urea groups is 1. The largest absolute Gasteiger partial charge is 0.465 e. The van der Waals surface area contributed by atoms with E-state index < -0.39 is 12.1 Å². The number of ether oxygens (including phenoxy) is 1. The lowest BCUT2D eigenvalue weighted by molar-refractivity contribution is 0.000375. The van der Waals surface area contributed by atoms with Gasteiger partial charge in [-0.25, -0.2) is 15.0 Å². The number of likely N-dealkylation sites (tertiary alicyclic amines) is 1. The molecule has 1 fully saturated rings. The van der Waals surface area contributed by atoms with Crippen molar-refractivity contribution >= 4 is 17.8 Å². The molecule has 0 saturated carbocycles. The third-order valence-electron chi connectivity index (χ3n) is 3.58. The molecule has 0 radical (unpaired) electrons. The van der Waals surface area contributed by atoms with Crippen molar-refractivity contribution in [1.29, 1.82) is 0 Å². The van der Waals surface area contributed by atoms with Gasteiger partial charge in [0.1, 0.15) is 0 Å². The summed E-state index contributed by atoms with van der Waals surface area (Å²) < 4.78 is 5.79. The van der Waals surface area contributed by atoms with Gasteiger partial charge in [-0.2, -0.15) is 0 Å². The summed E-state index contributed by atoms with van der Waals surface area (Å²) in [4.78, 5) is 23.4. The lowest BCUT2D eigenvalue weighted by Gasteiger charge is -2.29. The first-order valence-electron chi connectivity index (χ1n) is 7.23. The lowest BCUT2D eigenvalue weighted by atomic mass is 10.1. The molecular formula is C14H20N4O5. The lowest BCUT2D eigenvalue weighted by Crippen LogP contribution is -2.40. The number of amides is 3. The predicted molar refractivity (Wildman–Crippen MR) is 80.9 cm³/mol. The molecule has 23 heavy (non-hydrogen) atoms. The molecule has 1 aliphatic heterocycles. The van der Waals surface area contributed by atoms with Gasteiger partial charge in [-0.3, -0.25) is 5.21 Å². The van der Waals surface area contributed by atoms with Crippen LogP contribution in [0.25, 0.3) is 0 Å². The average Bonchev–Trinajstić information content (AvgIpc) is 2.55. The number of hydrogen-bond donors (Lipinski definition) is 5. The number of nitrogens with zero attached hydrogens (tertiary/aromatic N) is 1. The summed E-state index contributed by atoms with van der Waals surface area (Å²) in [6, 6.07) is 6.52. The smallest absolute Gasteiger partial charge is 0.407 e. The number of nitrogens with one attached hydrogen (secondary N) is 3. The SMILES string of the molecule is O=C(NNO)Nc1ccc(COC2CCN(C(=O)O)CC2)cc1. The van der Waals surface area contributed by atoms with Crippen LogP contribution in [-0.4, -0.2) is 46.5 Å². The van der Waals surface area contributed by atoms with Crippen LogP contribution in [0.15, 0.2) is 24.3 Å². The van der Waals surface area contributed by atoms with Crippen LogP contribution in [0.1, 0.15) is 18.4 Å². The van der Waals surface area contributed by atoms with Gasteiger partial charge < -0.3 is 20.1 Å². The summed E-state index contributed by atoms with van der Waals surface area (Å²) in [6.07, 6.45) is 0.567. The third kappa shape index (κ3) is 5.40. The van der Waals surface area contributed by atoms with Crippen LogP contribution in [0.4, 0.5) is 15.3 Å². The van der Waals surface area contributed by atoms with Gasteiger partial charge in [-0.05, 0) is 30.5 Å². The molecule has 1 aromatic rings. The molecule has 2 rings (SSSR count). The maximum absolute atomic E-state index is 11.2. The van der Waals surface area contributed by atoms with Crippen molar-refractivity contribution in [2.75, 3.05) is 18.4 Å². The number of hydrazine groups is 1. The van der Waals surface area contributed by atoms with Crippen molar-refractivity contribution < 1.29 is 24.6 Å². The van der Waals surface area contributed by atoms with Crippen molar-refractivity contribution in [2.45, 2.75) is 25.6 Å². The van der Waals surface area contributed by atoms with Crippen molar-refractivity contribution in [3.05, 3.63) is 29.8 Å². The monoisotopic (exact) mass is 324 g/mol. The first-order valence-corrected chi connectivity index (χ1v) is 7.23. The minimum Gasteiger partial charge on any atom is -0.465 e. The van der Waals surface area contributed by atoms with Gasteiger partial charge in [-0.1, -0.05) is 12.1 Å². The highest BCUT2D eigenvalue weighted by molar-refractivity contribution is 5.88. The molecule has 5 N–H and O–H groups in total. The fraction of sp³-hybridized carbons (Fsp3) is 0.429. The van der Waals surface area contributed by atoms with Crippen LogP contribution in [0.5, 0.6) is 0 Å². The fourth-order valence-electron chi connectivity index (χ4n) is 2.33. The third-order valence-corrected chi connectivity index (χ3v) is 3.58. The minimum absolute atomic E-state index is 0.0600.